The van der Waals surface area contributed by atoms with Gasteiger partial charge in [0.2, 0.25) is 0 Å². The molecule has 21 heavy (non-hydrogen) atoms. The SMILES string of the molecule is COC(=O)[C@H]1Cc2ccccc2[C@](C)(c2ccccc2)C1. The van der Waals surface area contributed by atoms with Crippen LogP contribution in [-0.2, 0) is 21.4 Å². The van der Waals surface area contributed by atoms with Gasteiger partial charge in [-0.2, -0.15) is 0 Å². The zero-order chi connectivity index (χ0) is 14.9. The lowest BCUT2D eigenvalue weighted by molar-refractivity contribution is -0.146. The summed E-state index contributed by atoms with van der Waals surface area (Å²) in [4.78, 5) is 12.1. The summed E-state index contributed by atoms with van der Waals surface area (Å²) in [5.74, 6) is -0.179. The fourth-order valence-electron chi connectivity index (χ4n) is 3.59. The molecule has 2 aromatic rings. The molecule has 0 aliphatic heterocycles. The van der Waals surface area contributed by atoms with Gasteiger partial charge in [0, 0.05) is 5.41 Å². The van der Waals surface area contributed by atoms with Crippen LogP contribution in [0.3, 0.4) is 0 Å². The van der Waals surface area contributed by atoms with Gasteiger partial charge in [-0.05, 0) is 29.5 Å². The lowest BCUT2D eigenvalue weighted by Crippen LogP contribution is -2.37. The van der Waals surface area contributed by atoms with Crippen LogP contribution >= 0.6 is 0 Å². The van der Waals surface area contributed by atoms with Gasteiger partial charge in [0.15, 0.2) is 0 Å². The molecule has 0 N–H and O–H groups in total. The average Bonchev–Trinajstić information content (AvgIpc) is 2.55. The largest absolute Gasteiger partial charge is 0.469 e. The first-order valence-corrected chi connectivity index (χ1v) is 7.37. The van der Waals surface area contributed by atoms with E-state index in [-0.39, 0.29) is 17.3 Å². The number of carbonyl (C=O) groups excluding carboxylic acids is 1. The predicted octanol–water partition coefficient (Wildman–Crippen LogP) is 3.73. The van der Waals surface area contributed by atoms with Crippen molar-refractivity contribution in [2.45, 2.75) is 25.2 Å². The predicted molar refractivity (Wildman–Crippen MR) is 83.2 cm³/mol. The van der Waals surface area contributed by atoms with E-state index >= 15 is 0 Å². The fourth-order valence-corrected chi connectivity index (χ4v) is 3.59. The highest BCUT2D eigenvalue weighted by atomic mass is 16.5. The van der Waals surface area contributed by atoms with Gasteiger partial charge in [-0.3, -0.25) is 4.79 Å². The summed E-state index contributed by atoms with van der Waals surface area (Å²) in [5.41, 5.74) is 3.70. The van der Waals surface area contributed by atoms with Gasteiger partial charge >= 0.3 is 5.97 Å². The summed E-state index contributed by atoms with van der Waals surface area (Å²) in [5, 5.41) is 0. The quantitative estimate of drug-likeness (QED) is 0.784. The van der Waals surface area contributed by atoms with Crippen molar-refractivity contribution in [1.82, 2.24) is 0 Å². The van der Waals surface area contributed by atoms with Crippen LogP contribution in [0.25, 0.3) is 0 Å². The number of rotatable bonds is 2. The topological polar surface area (TPSA) is 26.3 Å². The second-order valence-electron chi connectivity index (χ2n) is 5.98. The first-order chi connectivity index (χ1) is 10.1. The Labute approximate surface area is 125 Å². The van der Waals surface area contributed by atoms with Crippen molar-refractivity contribution >= 4 is 5.97 Å². The van der Waals surface area contributed by atoms with Crippen LogP contribution in [0.15, 0.2) is 54.6 Å². The van der Waals surface area contributed by atoms with E-state index in [0.717, 1.165) is 12.8 Å². The Kier molecular flexibility index (Phi) is 3.54. The number of hydrogen-bond acceptors (Lipinski definition) is 2. The molecule has 0 unspecified atom stereocenters. The highest BCUT2D eigenvalue weighted by Crippen LogP contribution is 2.44. The van der Waals surface area contributed by atoms with Crippen LogP contribution in [0.2, 0.25) is 0 Å². The maximum absolute atomic E-state index is 12.1. The fraction of sp³-hybridized carbons (Fsp3) is 0.316. The van der Waals surface area contributed by atoms with Crippen molar-refractivity contribution in [1.29, 1.82) is 0 Å². The highest BCUT2D eigenvalue weighted by molar-refractivity contribution is 5.74. The minimum Gasteiger partial charge on any atom is -0.469 e. The third-order valence-corrected chi connectivity index (χ3v) is 4.68. The molecular formula is C19H20O2. The normalized spacial score (nSPS) is 24.2. The van der Waals surface area contributed by atoms with E-state index in [1.807, 2.05) is 12.1 Å². The first-order valence-electron chi connectivity index (χ1n) is 7.37. The van der Waals surface area contributed by atoms with Crippen molar-refractivity contribution < 1.29 is 9.53 Å². The molecule has 1 aliphatic carbocycles. The van der Waals surface area contributed by atoms with Crippen molar-refractivity contribution in [3.05, 3.63) is 71.3 Å². The molecule has 1 aliphatic rings. The Morgan fingerprint density at radius 3 is 2.48 bits per heavy atom. The molecule has 0 spiro atoms. The van der Waals surface area contributed by atoms with Crippen LogP contribution in [0, 0.1) is 5.92 Å². The summed E-state index contributed by atoms with van der Waals surface area (Å²) < 4.78 is 4.99. The number of ether oxygens (including phenoxy) is 1. The van der Waals surface area contributed by atoms with E-state index in [1.165, 1.54) is 23.8 Å². The number of hydrogen-bond donors (Lipinski definition) is 0. The number of carbonyl (C=O) groups is 1. The Bertz CT molecular complexity index is 648. The van der Waals surface area contributed by atoms with E-state index in [1.54, 1.807) is 0 Å². The van der Waals surface area contributed by atoms with E-state index < -0.39 is 0 Å². The Hall–Kier alpha value is -2.09. The van der Waals surface area contributed by atoms with Gasteiger partial charge in [-0.1, -0.05) is 61.5 Å². The van der Waals surface area contributed by atoms with Crippen LogP contribution in [0.4, 0.5) is 0 Å². The molecule has 108 valence electrons. The van der Waals surface area contributed by atoms with E-state index in [0.29, 0.717) is 0 Å². The molecule has 0 fully saturated rings. The lowest BCUT2D eigenvalue weighted by atomic mass is 9.64. The van der Waals surface area contributed by atoms with Crippen molar-refractivity contribution in [2.75, 3.05) is 7.11 Å². The summed E-state index contributed by atoms with van der Waals surface area (Å²) in [6.45, 7) is 2.23. The molecule has 0 saturated carbocycles. The zero-order valence-corrected chi connectivity index (χ0v) is 12.5. The van der Waals surface area contributed by atoms with Gasteiger partial charge in [0.05, 0.1) is 13.0 Å². The lowest BCUT2D eigenvalue weighted by Gasteiger charge is -2.39. The third kappa shape index (κ3) is 2.35. The minimum atomic E-state index is -0.144. The van der Waals surface area contributed by atoms with Crippen molar-refractivity contribution in [3.8, 4) is 0 Å². The number of methoxy groups -OCH3 is 1. The molecule has 2 aromatic carbocycles. The molecule has 3 rings (SSSR count). The average molecular weight is 280 g/mol. The Morgan fingerprint density at radius 2 is 1.76 bits per heavy atom. The van der Waals surface area contributed by atoms with Gasteiger partial charge in [-0.15, -0.1) is 0 Å². The summed E-state index contributed by atoms with van der Waals surface area (Å²) >= 11 is 0. The van der Waals surface area contributed by atoms with Crippen LogP contribution < -0.4 is 0 Å². The molecular weight excluding hydrogens is 260 g/mol. The Balaban J connectivity index is 2.12. The van der Waals surface area contributed by atoms with Crippen LogP contribution in [0.1, 0.15) is 30.0 Å². The Morgan fingerprint density at radius 1 is 1.10 bits per heavy atom. The molecule has 0 bridgehead atoms. The van der Waals surface area contributed by atoms with Crippen molar-refractivity contribution in [3.63, 3.8) is 0 Å². The second-order valence-corrected chi connectivity index (χ2v) is 5.98. The van der Waals surface area contributed by atoms with Gasteiger partial charge in [0.1, 0.15) is 0 Å². The minimum absolute atomic E-state index is 0.0740. The van der Waals surface area contributed by atoms with Crippen LogP contribution in [0.5, 0.6) is 0 Å². The standard InChI is InChI=1S/C19H20O2/c1-19(16-9-4-3-5-10-16)13-15(18(20)21-2)12-14-8-6-7-11-17(14)19/h3-11,15H,12-13H2,1-2H3/t15-,19-/m0/s1. The second kappa shape index (κ2) is 5.36. The summed E-state index contributed by atoms with van der Waals surface area (Å²) in [7, 11) is 1.47. The van der Waals surface area contributed by atoms with Gasteiger partial charge in [0.25, 0.3) is 0 Å². The smallest absolute Gasteiger partial charge is 0.309 e. The molecule has 0 radical (unpaired) electrons. The molecule has 0 amide bonds. The number of benzene rings is 2. The summed E-state index contributed by atoms with van der Waals surface area (Å²) in [6.07, 6.45) is 1.56. The van der Waals surface area contributed by atoms with Crippen LogP contribution in [-0.4, -0.2) is 13.1 Å². The maximum atomic E-state index is 12.1. The highest BCUT2D eigenvalue weighted by Gasteiger charge is 2.40. The molecule has 2 atom stereocenters. The molecule has 0 aromatic heterocycles. The molecule has 2 heteroatoms. The van der Waals surface area contributed by atoms with E-state index in [9.17, 15) is 4.79 Å². The number of fused-ring (bicyclic) bond motifs is 1. The third-order valence-electron chi connectivity index (χ3n) is 4.68. The zero-order valence-electron chi connectivity index (χ0n) is 12.5. The van der Waals surface area contributed by atoms with E-state index in [2.05, 4.69) is 49.4 Å². The molecule has 2 nitrogen and oxygen atoms in total. The monoisotopic (exact) mass is 280 g/mol. The summed E-state index contributed by atoms with van der Waals surface area (Å²) in [6, 6.07) is 18.9. The van der Waals surface area contributed by atoms with Gasteiger partial charge in [-0.25, -0.2) is 0 Å². The van der Waals surface area contributed by atoms with Crippen molar-refractivity contribution in [2.24, 2.45) is 5.92 Å². The van der Waals surface area contributed by atoms with E-state index in [4.69, 9.17) is 4.74 Å². The van der Waals surface area contributed by atoms with Gasteiger partial charge < -0.3 is 4.74 Å². The number of esters is 1. The maximum Gasteiger partial charge on any atom is 0.309 e. The first kappa shape index (κ1) is 13.9. The molecule has 0 saturated heterocycles. The molecule has 0 heterocycles.